The lowest BCUT2D eigenvalue weighted by molar-refractivity contribution is 0.0521. The number of fused-ring (bicyclic) bond motifs is 1. The van der Waals surface area contributed by atoms with Crippen LogP contribution in [0, 0.1) is 0 Å². The van der Waals surface area contributed by atoms with Gasteiger partial charge in [-0.1, -0.05) is 12.1 Å². The van der Waals surface area contributed by atoms with Crippen molar-refractivity contribution in [2.45, 2.75) is 6.92 Å². The number of ether oxygens (including phenoxy) is 1. The van der Waals surface area contributed by atoms with Gasteiger partial charge in [0.05, 0.1) is 16.8 Å². The zero-order chi connectivity index (χ0) is 15.8. The van der Waals surface area contributed by atoms with Crippen LogP contribution in [0.5, 0.6) is 0 Å². The number of esters is 1. The van der Waals surface area contributed by atoms with Crippen LogP contribution < -0.4 is 0 Å². The lowest BCUT2D eigenvalue weighted by Crippen LogP contribution is -2.06. The molecule has 0 unspecified atom stereocenters. The van der Waals surface area contributed by atoms with Gasteiger partial charge in [-0.3, -0.25) is 0 Å². The van der Waals surface area contributed by atoms with Crippen molar-refractivity contribution in [3.63, 3.8) is 0 Å². The topological polar surface area (TPSA) is 42.1 Å². The number of aromatic nitrogens is 1. The normalized spacial score (nSPS) is 11.2. The molecule has 0 fully saturated rings. The van der Waals surface area contributed by atoms with E-state index in [0.29, 0.717) is 12.3 Å². The van der Waals surface area contributed by atoms with Gasteiger partial charge in [0.1, 0.15) is 5.69 Å². The van der Waals surface area contributed by atoms with Crippen molar-refractivity contribution in [3.8, 4) is 20.2 Å². The fourth-order valence-electron chi connectivity index (χ4n) is 2.53. The standard InChI is InChI=1S/C17H13NO2S3/c1-2-20-17(19)15-14(12-6-4-8-22-12)16-10(18-15)9-13(23-16)11-5-3-7-21-11/h3-9,18H,2H2,1H3. The van der Waals surface area contributed by atoms with Gasteiger partial charge in [-0.05, 0) is 35.9 Å². The number of carbonyl (C=O) groups excluding carboxylic acids is 1. The van der Waals surface area contributed by atoms with Crippen molar-refractivity contribution in [2.75, 3.05) is 6.61 Å². The van der Waals surface area contributed by atoms with Crippen LogP contribution >= 0.6 is 34.0 Å². The van der Waals surface area contributed by atoms with E-state index in [-0.39, 0.29) is 5.97 Å². The highest BCUT2D eigenvalue weighted by molar-refractivity contribution is 7.26. The third-order valence-electron chi connectivity index (χ3n) is 3.48. The van der Waals surface area contributed by atoms with E-state index in [1.165, 1.54) is 9.75 Å². The van der Waals surface area contributed by atoms with Crippen molar-refractivity contribution in [2.24, 2.45) is 0 Å². The first-order valence-electron chi connectivity index (χ1n) is 7.18. The molecule has 0 atom stereocenters. The minimum atomic E-state index is -0.294. The van der Waals surface area contributed by atoms with Crippen LogP contribution in [0.1, 0.15) is 17.4 Å². The van der Waals surface area contributed by atoms with Crippen molar-refractivity contribution < 1.29 is 9.53 Å². The largest absolute Gasteiger partial charge is 0.461 e. The molecule has 4 aromatic heterocycles. The molecule has 116 valence electrons. The molecule has 4 aromatic rings. The molecule has 23 heavy (non-hydrogen) atoms. The van der Waals surface area contributed by atoms with Crippen LogP contribution in [0.25, 0.3) is 30.4 Å². The third kappa shape index (κ3) is 2.52. The zero-order valence-electron chi connectivity index (χ0n) is 12.3. The molecule has 0 aliphatic heterocycles. The number of hydrogen-bond donors (Lipinski definition) is 1. The summed E-state index contributed by atoms with van der Waals surface area (Å²) < 4.78 is 6.32. The van der Waals surface area contributed by atoms with Gasteiger partial charge in [0, 0.05) is 20.2 Å². The Kier molecular flexibility index (Phi) is 3.80. The molecule has 0 spiro atoms. The van der Waals surface area contributed by atoms with Gasteiger partial charge < -0.3 is 9.72 Å². The van der Waals surface area contributed by atoms with Crippen molar-refractivity contribution in [3.05, 3.63) is 46.8 Å². The molecular weight excluding hydrogens is 346 g/mol. The Balaban J connectivity index is 1.92. The Morgan fingerprint density at radius 3 is 2.52 bits per heavy atom. The van der Waals surface area contributed by atoms with Crippen LogP contribution in [-0.2, 0) is 4.74 Å². The second kappa shape index (κ2) is 5.96. The van der Waals surface area contributed by atoms with Gasteiger partial charge in [-0.25, -0.2) is 4.79 Å². The summed E-state index contributed by atoms with van der Waals surface area (Å²) in [5.41, 5.74) is 2.50. The summed E-state index contributed by atoms with van der Waals surface area (Å²) in [6.45, 7) is 2.19. The lowest BCUT2D eigenvalue weighted by atomic mass is 10.2. The van der Waals surface area contributed by atoms with Crippen LogP contribution in [0.2, 0.25) is 0 Å². The third-order valence-corrected chi connectivity index (χ3v) is 6.59. The van der Waals surface area contributed by atoms with E-state index < -0.39 is 0 Å². The first-order valence-corrected chi connectivity index (χ1v) is 9.76. The molecule has 3 nitrogen and oxygen atoms in total. The summed E-state index contributed by atoms with van der Waals surface area (Å²) >= 11 is 5.07. The molecular formula is C17H13NO2S3. The molecule has 0 saturated heterocycles. The van der Waals surface area contributed by atoms with Gasteiger partial charge in [0.25, 0.3) is 0 Å². The van der Waals surface area contributed by atoms with Crippen LogP contribution in [0.15, 0.2) is 41.1 Å². The molecule has 0 radical (unpaired) electrons. The highest BCUT2D eigenvalue weighted by Gasteiger charge is 2.23. The minimum absolute atomic E-state index is 0.294. The number of nitrogens with one attached hydrogen (secondary N) is 1. The molecule has 0 aliphatic carbocycles. The molecule has 0 saturated carbocycles. The van der Waals surface area contributed by atoms with Crippen molar-refractivity contribution >= 4 is 50.2 Å². The summed E-state index contributed by atoms with van der Waals surface area (Å²) in [5, 5.41) is 4.10. The summed E-state index contributed by atoms with van der Waals surface area (Å²) in [6.07, 6.45) is 0. The van der Waals surface area contributed by atoms with Crippen LogP contribution in [0.4, 0.5) is 0 Å². The summed E-state index contributed by atoms with van der Waals surface area (Å²) in [4.78, 5) is 19.1. The smallest absolute Gasteiger partial charge is 0.355 e. The molecule has 4 heterocycles. The number of thiophene rings is 3. The number of carbonyl (C=O) groups is 1. The van der Waals surface area contributed by atoms with Crippen molar-refractivity contribution in [1.29, 1.82) is 0 Å². The van der Waals surface area contributed by atoms with Gasteiger partial charge in [0.2, 0.25) is 0 Å². The minimum Gasteiger partial charge on any atom is -0.461 e. The predicted molar refractivity (Wildman–Crippen MR) is 98.8 cm³/mol. The van der Waals surface area contributed by atoms with Gasteiger partial charge >= 0.3 is 5.97 Å². The fraction of sp³-hybridized carbons (Fsp3) is 0.118. The predicted octanol–water partition coefficient (Wildman–Crippen LogP) is 5.86. The van der Waals surface area contributed by atoms with E-state index >= 15 is 0 Å². The monoisotopic (exact) mass is 359 g/mol. The van der Waals surface area contributed by atoms with E-state index in [1.54, 1.807) is 34.0 Å². The maximum absolute atomic E-state index is 12.3. The SMILES string of the molecule is CCOC(=O)c1[nH]c2cc(-c3cccs3)sc2c1-c1cccs1. The van der Waals surface area contributed by atoms with Crippen LogP contribution in [-0.4, -0.2) is 17.6 Å². The number of rotatable bonds is 4. The van der Waals surface area contributed by atoms with E-state index in [9.17, 15) is 4.79 Å². The van der Waals surface area contributed by atoms with Gasteiger partial charge in [-0.15, -0.1) is 34.0 Å². The van der Waals surface area contributed by atoms with Crippen LogP contribution in [0.3, 0.4) is 0 Å². The Bertz CT molecular complexity index is 946. The molecule has 0 bridgehead atoms. The fourth-order valence-corrected chi connectivity index (χ4v) is 5.38. The maximum Gasteiger partial charge on any atom is 0.355 e. The lowest BCUT2D eigenvalue weighted by Gasteiger charge is -2.02. The Morgan fingerprint density at radius 1 is 1.13 bits per heavy atom. The second-order valence-electron chi connectivity index (χ2n) is 4.90. The summed E-state index contributed by atoms with van der Waals surface area (Å²) in [5.74, 6) is -0.294. The van der Waals surface area contributed by atoms with E-state index in [1.807, 2.05) is 24.4 Å². The van der Waals surface area contributed by atoms with Gasteiger partial charge in [-0.2, -0.15) is 0 Å². The molecule has 6 heteroatoms. The molecule has 0 amide bonds. The van der Waals surface area contributed by atoms with Crippen molar-refractivity contribution in [1.82, 2.24) is 4.98 Å². The molecule has 0 aromatic carbocycles. The van der Waals surface area contributed by atoms with Gasteiger partial charge in [0.15, 0.2) is 0 Å². The highest BCUT2D eigenvalue weighted by atomic mass is 32.1. The molecule has 0 aliphatic rings. The first kappa shape index (κ1) is 14.7. The first-order chi connectivity index (χ1) is 11.3. The quantitative estimate of drug-likeness (QED) is 0.463. The number of H-pyrrole nitrogens is 1. The van der Waals surface area contributed by atoms with E-state index in [2.05, 4.69) is 28.6 Å². The average molecular weight is 359 g/mol. The zero-order valence-corrected chi connectivity index (χ0v) is 14.7. The Hall–Kier alpha value is -1.89. The Labute approximate surface area is 145 Å². The second-order valence-corrected chi connectivity index (χ2v) is 7.85. The van der Waals surface area contributed by atoms with E-state index in [4.69, 9.17) is 4.74 Å². The number of hydrogen-bond acceptors (Lipinski definition) is 5. The summed E-state index contributed by atoms with van der Waals surface area (Å²) in [7, 11) is 0. The maximum atomic E-state index is 12.3. The molecule has 1 N–H and O–H groups in total. The molecule has 4 rings (SSSR count). The average Bonchev–Trinajstić information content (AvgIpc) is 3.29. The number of aromatic amines is 1. The van der Waals surface area contributed by atoms with E-state index in [0.717, 1.165) is 20.7 Å². The summed E-state index contributed by atoms with van der Waals surface area (Å²) in [6, 6.07) is 10.3. The highest BCUT2D eigenvalue weighted by Crippen LogP contribution is 2.43. The Morgan fingerprint density at radius 2 is 1.87 bits per heavy atom.